The van der Waals surface area contributed by atoms with E-state index >= 15 is 0 Å². The molecule has 124 valence electrons. The first-order valence-electron chi connectivity index (χ1n) is 7.54. The largest absolute Gasteiger partial charge is 0.481 e. The van der Waals surface area contributed by atoms with Crippen molar-refractivity contribution in [1.82, 2.24) is 10.2 Å². The minimum atomic E-state index is -0.825. The van der Waals surface area contributed by atoms with E-state index in [4.69, 9.17) is 9.84 Å². The summed E-state index contributed by atoms with van der Waals surface area (Å²) in [5, 5.41) is 11.7. The molecule has 0 aliphatic carbocycles. The Morgan fingerprint density at radius 3 is 2.33 bits per heavy atom. The number of carboxylic acid groups (broad SMARTS) is 1. The van der Waals surface area contributed by atoms with Crippen molar-refractivity contribution in [2.45, 2.75) is 46.6 Å². The van der Waals surface area contributed by atoms with Gasteiger partial charge in [0.15, 0.2) is 0 Å². The molecule has 0 aliphatic rings. The molecule has 0 rings (SSSR count). The van der Waals surface area contributed by atoms with Gasteiger partial charge in [0.2, 0.25) is 0 Å². The highest BCUT2D eigenvalue weighted by Gasteiger charge is 2.17. The van der Waals surface area contributed by atoms with Crippen LogP contribution in [0.1, 0.15) is 40.5 Å². The van der Waals surface area contributed by atoms with Crippen LogP contribution in [-0.4, -0.2) is 54.9 Å². The van der Waals surface area contributed by atoms with E-state index in [0.717, 1.165) is 6.42 Å². The predicted molar refractivity (Wildman–Crippen MR) is 82.3 cm³/mol. The van der Waals surface area contributed by atoms with E-state index < -0.39 is 5.97 Å². The normalized spacial score (nSPS) is 12.5. The van der Waals surface area contributed by atoms with Gasteiger partial charge in [-0.1, -0.05) is 13.8 Å². The molecule has 0 aromatic rings. The second-order valence-corrected chi connectivity index (χ2v) is 6.12. The molecule has 0 aromatic heterocycles. The quantitative estimate of drug-likeness (QED) is 0.648. The van der Waals surface area contributed by atoms with Crippen molar-refractivity contribution < 1.29 is 19.4 Å². The van der Waals surface area contributed by atoms with Crippen molar-refractivity contribution in [3.63, 3.8) is 0 Å². The average molecular weight is 302 g/mol. The van der Waals surface area contributed by atoms with Crippen LogP contribution in [0.4, 0.5) is 4.79 Å². The maximum Gasteiger partial charge on any atom is 0.317 e. The van der Waals surface area contributed by atoms with Crippen molar-refractivity contribution in [3.8, 4) is 0 Å². The van der Waals surface area contributed by atoms with E-state index in [9.17, 15) is 9.59 Å². The molecule has 0 spiro atoms. The summed E-state index contributed by atoms with van der Waals surface area (Å²) in [6.45, 7) is 9.38. The molecule has 1 atom stereocenters. The van der Waals surface area contributed by atoms with Gasteiger partial charge < -0.3 is 20.1 Å². The Labute approximate surface area is 127 Å². The third-order valence-electron chi connectivity index (χ3n) is 3.03. The highest BCUT2D eigenvalue weighted by atomic mass is 16.5. The Kier molecular flexibility index (Phi) is 9.78. The number of amides is 2. The Bertz CT molecular complexity index is 319. The number of urea groups is 1. The maximum absolute atomic E-state index is 11.9. The molecule has 0 aromatic carbocycles. The first-order valence-corrected chi connectivity index (χ1v) is 7.54. The smallest absolute Gasteiger partial charge is 0.317 e. The molecule has 6 nitrogen and oxygen atoms in total. The highest BCUT2D eigenvalue weighted by molar-refractivity contribution is 5.74. The van der Waals surface area contributed by atoms with Gasteiger partial charge in [0.25, 0.3) is 0 Å². The minimum absolute atomic E-state index is 0.0354. The summed E-state index contributed by atoms with van der Waals surface area (Å²) in [4.78, 5) is 24.3. The number of carboxylic acids is 1. The number of aliphatic carboxylic acids is 1. The SMILES string of the molecule is CC(C)CC(CNC(=O)N(C)CCOC(C)C)CC(=O)O. The first-order chi connectivity index (χ1) is 9.72. The summed E-state index contributed by atoms with van der Waals surface area (Å²) in [5.74, 6) is -0.455. The summed E-state index contributed by atoms with van der Waals surface area (Å²) in [7, 11) is 1.70. The van der Waals surface area contributed by atoms with Crippen molar-refractivity contribution in [2.75, 3.05) is 26.7 Å². The fourth-order valence-electron chi connectivity index (χ4n) is 2.05. The number of hydrogen-bond donors (Lipinski definition) is 2. The van der Waals surface area contributed by atoms with Gasteiger partial charge in [0.05, 0.1) is 12.7 Å². The van der Waals surface area contributed by atoms with E-state index in [2.05, 4.69) is 5.32 Å². The fraction of sp³-hybridized carbons (Fsp3) is 0.867. The zero-order valence-electron chi connectivity index (χ0n) is 13.9. The maximum atomic E-state index is 11.9. The van der Waals surface area contributed by atoms with Gasteiger partial charge in [-0.3, -0.25) is 4.79 Å². The number of carbonyl (C=O) groups excluding carboxylic acids is 1. The molecule has 0 saturated heterocycles. The van der Waals surface area contributed by atoms with E-state index in [1.807, 2.05) is 27.7 Å². The lowest BCUT2D eigenvalue weighted by Crippen LogP contribution is -2.41. The molecular weight excluding hydrogens is 272 g/mol. The van der Waals surface area contributed by atoms with Gasteiger partial charge in [0.1, 0.15) is 0 Å². The molecule has 6 heteroatoms. The number of carbonyl (C=O) groups is 2. The monoisotopic (exact) mass is 302 g/mol. The van der Waals surface area contributed by atoms with Gasteiger partial charge in [-0.2, -0.15) is 0 Å². The molecule has 0 bridgehead atoms. The van der Waals surface area contributed by atoms with E-state index in [1.165, 1.54) is 0 Å². The first kappa shape index (κ1) is 19.7. The predicted octanol–water partition coefficient (Wildman–Crippen LogP) is 2.19. The van der Waals surface area contributed by atoms with Crippen LogP contribution in [0.3, 0.4) is 0 Å². The van der Waals surface area contributed by atoms with Gasteiger partial charge >= 0.3 is 12.0 Å². The molecular formula is C15H30N2O4. The van der Waals surface area contributed by atoms with Crippen molar-refractivity contribution in [2.24, 2.45) is 11.8 Å². The van der Waals surface area contributed by atoms with Crippen LogP contribution in [0, 0.1) is 11.8 Å². The van der Waals surface area contributed by atoms with Gasteiger partial charge in [-0.05, 0) is 32.1 Å². The number of rotatable bonds is 10. The van der Waals surface area contributed by atoms with Crippen LogP contribution < -0.4 is 5.32 Å². The van der Waals surface area contributed by atoms with Crippen LogP contribution >= 0.6 is 0 Å². The number of nitrogens with one attached hydrogen (secondary N) is 1. The lowest BCUT2D eigenvalue weighted by molar-refractivity contribution is -0.138. The molecule has 0 fully saturated rings. The molecule has 1 unspecified atom stereocenters. The summed E-state index contributed by atoms with van der Waals surface area (Å²) in [6.07, 6.45) is 1.01. The molecule has 21 heavy (non-hydrogen) atoms. The highest BCUT2D eigenvalue weighted by Crippen LogP contribution is 2.14. The van der Waals surface area contributed by atoms with E-state index in [-0.39, 0.29) is 24.5 Å². The molecule has 0 aliphatic heterocycles. The Balaban J connectivity index is 4.12. The Morgan fingerprint density at radius 2 is 1.86 bits per heavy atom. The summed E-state index contributed by atoms with van der Waals surface area (Å²) in [6, 6.07) is -0.193. The average Bonchev–Trinajstić information content (AvgIpc) is 2.33. The number of nitrogens with zero attached hydrogens (tertiary/aromatic N) is 1. The van der Waals surface area contributed by atoms with Crippen molar-refractivity contribution in [1.29, 1.82) is 0 Å². The van der Waals surface area contributed by atoms with E-state index in [1.54, 1.807) is 11.9 Å². The zero-order chi connectivity index (χ0) is 16.4. The Morgan fingerprint density at radius 1 is 1.24 bits per heavy atom. The van der Waals surface area contributed by atoms with Crippen LogP contribution in [0.2, 0.25) is 0 Å². The van der Waals surface area contributed by atoms with Crippen LogP contribution in [-0.2, 0) is 9.53 Å². The third-order valence-corrected chi connectivity index (χ3v) is 3.03. The Hall–Kier alpha value is -1.30. The standard InChI is InChI=1S/C15H30N2O4/c1-11(2)8-13(9-14(18)19)10-16-15(20)17(5)6-7-21-12(3)4/h11-13H,6-10H2,1-5H3,(H,16,20)(H,18,19). The topological polar surface area (TPSA) is 78.9 Å². The van der Waals surface area contributed by atoms with Crippen LogP contribution in [0.15, 0.2) is 0 Å². The molecule has 0 heterocycles. The fourth-order valence-corrected chi connectivity index (χ4v) is 2.05. The zero-order valence-corrected chi connectivity index (χ0v) is 13.9. The number of likely N-dealkylation sites (N-methyl/N-ethyl adjacent to an activating group) is 1. The minimum Gasteiger partial charge on any atom is -0.481 e. The van der Waals surface area contributed by atoms with Gasteiger partial charge in [-0.25, -0.2) is 4.79 Å². The summed E-state index contributed by atoms with van der Waals surface area (Å²) < 4.78 is 5.39. The molecule has 0 saturated carbocycles. The number of ether oxygens (including phenoxy) is 1. The van der Waals surface area contributed by atoms with Crippen LogP contribution in [0.5, 0.6) is 0 Å². The van der Waals surface area contributed by atoms with Crippen molar-refractivity contribution in [3.05, 3.63) is 0 Å². The van der Waals surface area contributed by atoms with Crippen molar-refractivity contribution >= 4 is 12.0 Å². The second kappa shape index (κ2) is 10.4. The lowest BCUT2D eigenvalue weighted by Gasteiger charge is -2.22. The molecule has 0 radical (unpaired) electrons. The second-order valence-electron chi connectivity index (χ2n) is 6.12. The molecule has 2 amide bonds. The summed E-state index contributed by atoms with van der Waals surface area (Å²) in [5.41, 5.74) is 0. The van der Waals surface area contributed by atoms with Gasteiger partial charge in [0, 0.05) is 26.6 Å². The molecule has 2 N–H and O–H groups in total. The van der Waals surface area contributed by atoms with E-state index in [0.29, 0.717) is 25.6 Å². The number of hydrogen-bond acceptors (Lipinski definition) is 3. The van der Waals surface area contributed by atoms with Crippen LogP contribution in [0.25, 0.3) is 0 Å². The third kappa shape index (κ3) is 11.1. The van der Waals surface area contributed by atoms with Gasteiger partial charge in [-0.15, -0.1) is 0 Å². The summed E-state index contributed by atoms with van der Waals surface area (Å²) >= 11 is 0. The lowest BCUT2D eigenvalue weighted by atomic mass is 9.94.